The summed E-state index contributed by atoms with van der Waals surface area (Å²) in [5, 5.41) is 0.957. The van der Waals surface area contributed by atoms with E-state index in [1.54, 1.807) is 20.3 Å². The molecule has 0 N–H and O–H groups in total. The Morgan fingerprint density at radius 2 is 1.64 bits per heavy atom. The van der Waals surface area contributed by atoms with Gasteiger partial charge in [0.25, 0.3) is 5.91 Å². The third-order valence-electron chi connectivity index (χ3n) is 5.10. The molecule has 2 heterocycles. The van der Waals surface area contributed by atoms with E-state index >= 15 is 0 Å². The summed E-state index contributed by atoms with van der Waals surface area (Å²) < 4.78 is 10.5. The van der Waals surface area contributed by atoms with Crippen molar-refractivity contribution in [2.24, 2.45) is 0 Å². The van der Waals surface area contributed by atoms with E-state index in [4.69, 9.17) is 9.47 Å². The molecule has 0 saturated carbocycles. The van der Waals surface area contributed by atoms with Gasteiger partial charge in [-0.3, -0.25) is 4.79 Å². The lowest BCUT2D eigenvalue weighted by molar-refractivity contribution is 0.0741. The summed E-state index contributed by atoms with van der Waals surface area (Å²) in [4.78, 5) is 21.6. The van der Waals surface area contributed by atoms with Gasteiger partial charge in [-0.2, -0.15) is 0 Å². The first-order valence-corrected chi connectivity index (χ1v) is 9.31. The van der Waals surface area contributed by atoms with E-state index in [0.717, 1.165) is 41.2 Å². The Labute approximate surface area is 164 Å². The topological polar surface area (TPSA) is 54.9 Å². The van der Waals surface area contributed by atoms with Gasteiger partial charge in [-0.05, 0) is 36.4 Å². The zero-order chi connectivity index (χ0) is 19.5. The molecular weight excluding hydrogens is 354 g/mol. The smallest absolute Gasteiger partial charge is 0.272 e. The van der Waals surface area contributed by atoms with Gasteiger partial charge < -0.3 is 19.3 Å². The average molecular weight is 377 g/mol. The zero-order valence-electron chi connectivity index (χ0n) is 16.1. The summed E-state index contributed by atoms with van der Waals surface area (Å²) in [6.07, 6.45) is 0. The van der Waals surface area contributed by atoms with Gasteiger partial charge in [0, 0.05) is 43.3 Å². The highest BCUT2D eigenvalue weighted by Crippen LogP contribution is 2.23. The Kier molecular flexibility index (Phi) is 5.02. The molecule has 2 aromatic carbocycles. The predicted molar refractivity (Wildman–Crippen MR) is 109 cm³/mol. The fourth-order valence-corrected chi connectivity index (χ4v) is 3.49. The van der Waals surface area contributed by atoms with Crippen molar-refractivity contribution in [1.82, 2.24) is 9.88 Å². The predicted octanol–water partition coefficient (Wildman–Crippen LogP) is 3.21. The number of amides is 1. The minimum atomic E-state index is -0.0250. The number of methoxy groups -OCH3 is 2. The van der Waals surface area contributed by atoms with Crippen molar-refractivity contribution in [2.45, 2.75) is 0 Å². The number of hydrogen-bond acceptors (Lipinski definition) is 5. The molecule has 1 saturated heterocycles. The first-order valence-electron chi connectivity index (χ1n) is 9.31. The number of piperazine rings is 1. The number of pyridine rings is 1. The van der Waals surface area contributed by atoms with Crippen LogP contribution < -0.4 is 14.4 Å². The van der Waals surface area contributed by atoms with E-state index < -0.39 is 0 Å². The first-order chi connectivity index (χ1) is 13.7. The lowest BCUT2D eigenvalue weighted by Gasteiger charge is -2.36. The molecule has 0 radical (unpaired) electrons. The number of carbonyl (C=O) groups excluding carboxylic acids is 1. The van der Waals surface area contributed by atoms with Gasteiger partial charge in [0.15, 0.2) is 0 Å². The van der Waals surface area contributed by atoms with Gasteiger partial charge in [-0.15, -0.1) is 0 Å². The highest BCUT2D eigenvalue weighted by molar-refractivity contribution is 5.95. The van der Waals surface area contributed by atoms with Crippen molar-refractivity contribution in [3.05, 3.63) is 60.3 Å². The average Bonchev–Trinajstić information content (AvgIpc) is 2.78. The quantitative estimate of drug-likeness (QED) is 0.699. The molecule has 1 aliphatic rings. The van der Waals surface area contributed by atoms with Crippen LogP contribution in [0.5, 0.6) is 11.5 Å². The summed E-state index contributed by atoms with van der Waals surface area (Å²) >= 11 is 0. The molecule has 1 aromatic heterocycles. The number of rotatable bonds is 4. The Morgan fingerprint density at radius 3 is 2.39 bits per heavy atom. The summed E-state index contributed by atoms with van der Waals surface area (Å²) in [6, 6.07) is 17.4. The number of aromatic nitrogens is 1. The Hall–Kier alpha value is -3.28. The van der Waals surface area contributed by atoms with Crippen molar-refractivity contribution >= 4 is 22.5 Å². The Morgan fingerprint density at radius 1 is 0.893 bits per heavy atom. The molecule has 4 rings (SSSR count). The van der Waals surface area contributed by atoms with Crippen LogP contribution in [0.3, 0.4) is 0 Å². The van der Waals surface area contributed by atoms with Crippen LogP contribution in [0.4, 0.5) is 5.69 Å². The first kappa shape index (κ1) is 18.1. The maximum atomic E-state index is 12.9. The fourth-order valence-electron chi connectivity index (χ4n) is 3.49. The van der Waals surface area contributed by atoms with E-state index in [-0.39, 0.29) is 5.91 Å². The lowest BCUT2D eigenvalue weighted by Crippen LogP contribution is -2.49. The van der Waals surface area contributed by atoms with E-state index in [1.165, 1.54) is 0 Å². The molecule has 0 aliphatic carbocycles. The van der Waals surface area contributed by atoms with E-state index in [9.17, 15) is 4.79 Å². The van der Waals surface area contributed by atoms with Crippen LogP contribution in [-0.2, 0) is 0 Å². The number of nitrogens with zero attached hydrogens (tertiary/aromatic N) is 3. The second-order valence-electron chi connectivity index (χ2n) is 6.74. The van der Waals surface area contributed by atoms with Gasteiger partial charge >= 0.3 is 0 Å². The van der Waals surface area contributed by atoms with Crippen molar-refractivity contribution in [2.75, 3.05) is 45.3 Å². The van der Waals surface area contributed by atoms with Crippen LogP contribution in [0.25, 0.3) is 10.9 Å². The maximum absolute atomic E-state index is 12.9. The molecule has 28 heavy (non-hydrogen) atoms. The molecule has 6 heteroatoms. The van der Waals surface area contributed by atoms with Crippen LogP contribution in [0.15, 0.2) is 54.6 Å². The fraction of sp³-hybridized carbons (Fsp3) is 0.273. The van der Waals surface area contributed by atoms with Gasteiger partial charge in [0.1, 0.15) is 17.2 Å². The molecular formula is C22H23N3O3. The third kappa shape index (κ3) is 3.58. The van der Waals surface area contributed by atoms with E-state index in [2.05, 4.69) is 16.0 Å². The largest absolute Gasteiger partial charge is 0.497 e. The zero-order valence-corrected chi connectivity index (χ0v) is 16.1. The van der Waals surface area contributed by atoms with E-state index in [1.807, 2.05) is 47.4 Å². The lowest BCUT2D eigenvalue weighted by atomic mass is 10.1. The molecule has 1 amide bonds. The molecule has 144 valence electrons. The maximum Gasteiger partial charge on any atom is 0.272 e. The molecule has 3 aromatic rings. The van der Waals surface area contributed by atoms with Crippen molar-refractivity contribution in [1.29, 1.82) is 0 Å². The van der Waals surface area contributed by atoms with Crippen LogP contribution in [-0.4, -0.2) is 56.2 Å². The monoisotopic (exact) mass is 377 g/mol. The number of fused-ring (bicyclic) bond motifs is 1. The van der Waals surface area contributed by atoms with Crippen LogP contribution >= 0.6 is 0 Å². The standard InChI is InChI=1S/C22H23N3O3/c1-27-18-5-3-4-17(15-18)24-10-12-25(13-11-24)22(26)21-8-6-16-14-19(28-2)7-9-20(16)23-21/h3-9,14-15H,10-13H2,1-2H3. The summed E-state index contributed by atoms with van der Waals surface area (Å²) in [6.45, 7) is 2.89. The number of carbonyl (C=O) groups is 1. The molecule has 0 spiro atoms. The third-order valence-corrected chi connectivity index (χ3v) is 5.10. The van der Waals surface area contributed by atoms with Gasteiger partial charge in [-0.25, -0.2) is 4.98 Å². The second kappa shape index (κ2) is 7.76. The van der Waals surface area contributed by atoms with Gasteiger partial charge in [0.05, 0.1) is 19.7 Å². The van der Waals surface area contributed by atoms with Crippen molar-refractivity contribution < 1.29 is 14.3 Å². The summed E-state index contributed by atoms with van der Waals surface area (Å²) in [5.74, 6) is 1.60. The molecule has 1 fully saturated rings. The number of ether oxygens (including phenoxy) is 2. The Balaban J connectivity index is 1.45. The minimum Gasteiger partial charge on any atom is -0.497 e. The molecule has 0 unspecified atom stereocenters. The Bertz CT molecular complexity index is 997. The summed E-state index contributed by atoms with van der Waals surface area (Å²) in [5.41, 5.74) is 2.39. The van der Waals surface area contributed by atoms with Gasteiger partial charge in [-0.1, -0.05) is 12.1 Å². The molecule has 0 bridgehead atoms. The highest BCUT2D eigenvalue weighted by atomic mass is 16.5. The number of benzene rings is 2. The normalized spacial score (nSPS) is 14.2. The number of anilines is 1. The highest BCUT2D eigenvalue weighted by Gasteiger charge is 2.23. The van der Waals surface area contributed by atoms with Crippen LogP contribution in [0, 0.1) is 0 Å². The molecule has 0 atom stereocenters. The SMILES string of the molecule is COc1cccc(N2CCN(C(=O)c3ccc4cc(OC)ccc4n3)CC2)c1. The minimum absolute atomic E-state index is 0.0250. The van der Waals surface area contributed by atoms with Gasteiger partial charge in [0.2, 0.25) is 0 Å². The van der Waals surface area contributed by atoms with Crippen molar-refractivity contribution in [3.63, 3.8) is 0 Å². The van der Waals surface area contributed by atoms with E-state index in [0.29, 0.717) is 18.8 Å². The second-order valence-corrected chi connectivity index (χ2v) is 6.74. The van der Waals surface area contributed by atoms with Crippen LogP contribution in [0.1, 0.15) is 10.5 Å². The van der Waals surface area contributed by atoms with Crippen LogP contribution in [0.2, 0.25) is 0 Å². The molecule has 1 aliphatic heterocycles. The van der Waals surface area contributed by atoms with Crippen molar-refractivity contribution in [3.8, 4) is 11.5 Å². The number of hydrogen-bond donors (Lipinski definition) is 0. The summed E-state index contributed by atoms with van der Waals surface area (Å²) in [7, 11) is 3.31. The molecule has 6 nitrogen and oxygen atoms in total.